The molecule has 15 aromatic rings. The Labute approximate surface area is 368 Å². The first-order valence-corrected chi connectivity index (χ1v) is 23.1. The molecule has 0 bridgehead atoms. The smallest absolute Gasteiger partial charge is 0.0634 e. The second-order valence-electron chi connectivity index (χ2n) is 16.8. The number of thiophene rings is 2. The highest BCUT2D eigenvalue weighted by Gasteiger charge is 2.26. The number of para-hydroxylation sites is 4. The predicted molar refractivity (Wildman–Crippen MR) is 273 cm³/mol. The van der Waals surface area contributed by atoms with E-state index in [0.29, 0.717) is 0 Å². The normalized spacial score (nSPS) is 12.4. The highest BCUT2D eigenvalue weighted by Crippen LogP contribution is 2.52. The molecule has 0 aliphatic heterocycles. The SMILES string of the molecule is c1ccc(-n2c3ccccc3c3cc(-n4c5ccc(-n6c7ccccc7c7ccccc76)cc5c5c6sc7ccccc7c6c6c(ccc7sc8ccccc8c76)c54)ccc32)cc1. The zero-order chi connectivity index (χ0) is 40.9. The van der Waals surface area contributed by atoms with E-state index in [-0.39, 0.29) is 0 Å². The standard InChI is InChI=1S/C58H33N3S2/c1-2-14-34(15-3-1)59-47-23-11-6-18-39(47)43-32-36(27-29-48(43)59)61-49-30-26-35(60-45-21-9-4-16-37(45)38-17-5-10-22-46(38)60)33-44(49)56-57(61)42-28-31-52-53(40-19-7-12-24-50(40)62-52)54(42)55-41-20-8-13-25-51(41)63-58(55)56/h1-33H. The van der Waals surface area contributed by atoms with E-state index >= 15 is 0 Å². The monoisotopic (exact) mass is 835 g/mol. The van der Waals surface area contributed by atoms with E-state index in [1.54, 1.807) is 0 Å². The average Bonchev–Trinajstić information content (AvgIpc) is 4.15. The van der Waals surface area contributed by atoms with Crippen LogP contribution in [0, 0.1) is 0 Å². The van der Waals surface area contributed by atoms with Gasteiger partial charge in [0.1, 0.15) is 0 Å². The molecule has 5 heterocycles. The molecule has 0 unspecified atom stereocenters. The second-order valence-corrected chi connectivity index (χ2v) is 18.9. The third kappa shape index (κ3) is 4.47. The topological polar surface area (TPSA) is 14.8 Å². The van der Waals surface area contributed by atoms with Crippen molar-refractivity contribution in [1.82, 2.24) is 13.7 Å². The summed E-state index contributed by atoms with van der Waals surface area (Å²) in [5.74, 6) is 0. The lowest BCUT2D eigenvalue weighted by Crippen LogP contribution is -1.97. The van der Waals surface area contributed by atoms with Gasteiger partial charge in [-0.25, -0.2) is 0 Å². The minimum absolute atomic E-state index is 1.15. The van der Waals surface area contributed by atoms with Crippen LogP contribution in [0.3, 0.4) is 0 Å². The highest BCUT2D eigenvalue weighted by atomic mass is 32.1. The number of fused-ring (bicyclic) bond motifs is 20. The van der Waals surface area contributed by atoms with Crippen LogP contribution < -0.4 is 0 Å². The summed E-state index contributed by atoms with van der Waals surface area (Å²) >= 11 is 3.84. The van der Waals surface area contributed by atoms with Crippen molar-refractivity contribution in [3.63, 3.8) is 0 Å². The Morgan fingerprint density at radius 2 is 0.746 bits per heavy atom. The van der Waals surface area contributed by atoms with Gasteiger partial charge in [0.2, 0.25) is 0 Å². The van der Waals surface area contributed by atoms with Gasteiger partial charge in [-0.2, -0.15) is 0 Å². The Balaban J connectivity index is 1.15. The van der Waals surface area contributed by atoms with Crippen molar-refractivity contribution in [2.24, 2.45) is 0 Å². The summed E-state index contributed by atoms with van der Waals surface area (Å²) in [6.45, 7) is 0. The summed E-state index contributed by atoms with van der Waals surface area (Å²) in [6, 6.07) is 74.4. The fourth-order valence-electron chi connectivity index (χ4n) is 11.1. The van der Waals surface area contributed by atoms with Crippen LogP contribution in [0.15, 0.2) is 200 Å². The van der Waals surface area contributed by atoms with E-state index < -0.39 is 0 Å². The van der Waals surface area contributed by atoms with Crippen molar-refractivity contribution < 1.29 is 0 Å². The quantitative estimate of drug-likeness (QED) is 0.168. The molecule has 15 rings (SSSR count). The molecule has 10 aromatic carbocycles. The largest absolute Gasteiger partial charge is 0.309 e. The van der Waals surface area contributed by atoms with Crippen molar-refractivity contribution >= 4 is 139 Å². The van der Waals surface area contributed by atoms with Crippen LogP contribution >= 0.6 is 22.7 Å². The maximum atomic E-state index is 2.58. The lowest BCUT2D eigenvalue weighted by molar-refractivity contribution is 1.16. The maximum Gasteiger partial charge on any atom is 0.0634 e. The molecule has 0 N–H and O–H groups in total. The van der Waals surface area contributed by atoms with Gasteiger partial charge < -0.3 is 13.7 Å². The molecule has 292 valence electrons. The van der Waals surface area contributed by atoms with E-state index in [0.717, 1.165) is 17.1 Å². The number of benzene rings is 10. The van der Waals surface area contributed by atoms with Crippen molar-refractivity contribution in [1.29, 1.82) is 0 Å². The van der Waals surface area contributed by atoms with Gasteiger partial charge in [0.25, 0.3) is 0 Å². The molecule has 0 spiro atoms. The van der Waals surface area contributed by atoms with Crippen molar-refractivity contribution in [3.05, 3.63) is 200 Å². The fraction of sp³-hybridized carbons (Fsp3) is 0. The number of hydrogen-bond donors (Lipinski definition) is 0. The Hall–Kier alpha value is -7.70. The minimum atomic E-state index is 1.15. The number of hydrogen-bond acceptors (Lipinski definition) is 2. The van der Waals surface area contributed by atoms with Crippen molar-refractivity contribution in [2.45, 2.75) is 0 Å². The molecular weight excluding hydrogens is 803 g/mol. The van der Waals surface area contributed by atoms with Gasteiger partial charge in [0, 0.05) is 100 Å². The van der Waals surface area contributed by atoms with Crippen LogP contribution in [-0.4, -0.2) is 13.7 Å². The van der Waals surface area contributed by atoms with E-state index in [1.165, 1.54) is 117 Å². The first-order valence-electron chi connectivity index (χ1n) is 21.5. The highest BCUT2D eigenvalue weighted by molar-refractivity contribution is 7.27. The fourth-order valence-corrected chi connectivity index (χ4v) is 13.5. The molecule has 0 fully saturated rings. The lowest BCUT2D eigenvalue weighted by atomic mass is 9.96. The van der Waals surface area contributed by atoms with E-state index in [1.807, 2.05) is 22.7 Å². The Kier molecular flexibility index (Phi) is 6.71. The molecule has 0 aliphatic rings. The van der Waals surface area contributed by atoms with Crippen molar-refractivity contribution in [2.75, 3.05) is 0 Å². The molecule has 0 atom stereocenters. The zero-order valence-corrected chi connectivity index (χ0v) is 35.3. The van der Waals surface area contributed by atoms with Crippen LogP contribution in [0.4, 0.5) is 0 Å². The van der Waals surface area contributed by atoms with E-state index in [4.69, 9.17) is 0 Å². The van der Waals surface area contributed by atoms with Gasteiger partial charge in [0.05, 0.1) is 33.1 Å². The van der Waals surface area contributed by atoms with Crippen molar-refractivity contribution in [3.8, 4) is 17.1 Å². The van der Waals surface area contributed by atoms with E-state index in [2.05, 4.69) is 214 Å². The third-order valence-corrected chi connectivity index (χ3v) is 15.9. The Bertz CT molecular complexity index is 4390. The Morgan fingerprint density at radius 1 is 0.254 bits per heavy atom. The second kappa shape index (κ2) is 12.5. The number of nitrogens with zero attached hydrogens (tertiary/aromatic N) is 3. The number of aromatic nitrogens is 3. The molecule has 0 aliphatic carbocycles. The first kappa shape index (κ1) is 34.0. The summed E-state index contributed by atoms with van der Waals surface area (Å²) in [6.07, 6.45) is 0. The summed E-state index contributed by atoms with van der Waals surface area (Å²) in [7, 11) is 0. The van der Waals surface area contributed by atoms with Gasteiger partial charge in [-0.1, -0.05) is 115 Å². The minimum Gasteiger partial charge on any atom is -0.309 e. The van der Waals surface area contributed by atoms with Crippen LogP contribution in [0.25, 0.3) is 134 Å². The van der Waals surface area contributed by atoms with Crippen LogP contribution in [0.1, 0.15) is 0 Å². The summed E-state index contributed by atoms with van der Waals surface area (Å²) in [5, 5.41) is 15.6. The summed E-state index contributed by atoms with van der Waals surface area (Å²) in [4.78, 5) is 0. The maximum absolute atomic E-state index is 2.58. The zero-order valence-electron chi connectivity index (χ0n) is 33.7. The van der Waals surface area contributed by atoms with Gasteiger partial charge in [-0.15, -0.1) is 22.7 Å². The molecule has 63 heavy (non-hydrogen) atoms. The molecule has 5 heteroatoms. The Morgan fingerprint density at radius 3 is 1.43 bits per heavy atom. The molecule has 0 saturated carbocycles. The van der Waals surface area contributed by atoms with Gasteiger partial charge in [-0.3, -0.25) is 0 Å². The van der Waals surface area contributed by atoms with Gasteiger partial charge in [0.15, 0.2) is 0 Å². The summed E-state index contributed by atoms with van der Waals surface area (Å²) < 4.78 is 12.8. The molecule has 0 radical (unpaired) electrons. The molecule has 3 nitrogen and oxygen atoms in total. The summed E-state index contributed by atoms with van der Waals surface area (Å²) in [5.41, 5.74) is 10.8. The molecule has 0 saturated heterocycles. The molecule has 0 amide bonds. The predicted octanol–water partition coefficient (Wildman–Crippen LogP) is 16.9. The van der Waals surface area contributed by atoms with Crippen LogP contribution in [0.5, 0.6) is 0 Å². The molecular formula is C58H33N3S2. The molecule has 5 aromatic heterocycles. The third-order valence-electron chi connectivity index (χ3n) is 13.6. The van der Waals surface area contributed by atoms with Crippen LogP contribution in [0.2, 0.25) is 0 Å². The first-order chi connectivity index (χ1) is 31.3. The van der Waals surface area contributed by atoms with Gasteiger partial charge >= 0.3 is 0 Å². The number of rotatable bonds is 3. The van der Waals surface area contributed by atoms with Gasteiger partial charge in [-0.05, 0) is 84.9 Å². The van der Waals surface area contributed by atoms with E-state index in [9.17, 15) is 0 Å². The lowest BCUT2D eigenvalue weighted by Gasteiger charge is -2.13. The van der Waals surface area contributed by atoms with Crippen LogP contribution in [-0.2, 0) is 0 Å². The average molecular weight is 836 g/mol.